The Kier molecular flexibility index (Phi) is 4.94. The Hall–Kier alpha value is -3.70. The highest BCUT2D eigenvalue weighted by molar-refractivity contribution is 7.89. The van der Waals surface area contributed by atoms with Crippen molar-refractivity contribution in [3.05, 3.63) is 65.7 Å². The van der Waals surface area contributed by atoms with Crippen LogP contribution in [0.15, 0.2) is 64.5 Å². The molecule has 1 amide bonds. The number of sulfonamides is 1. The number of guanidine groups is 1. The van der Waals surface area contributed by atoms with E-state index < -0.39 is 10.0 Å². The van der Waals surface area contributed by atoms with Crippen molar-refractivity contribution in [1.82, 2.24) is 14.7 Å². The van der Waals surface area contributed by atoms with Crippen LogP contribution in [0.5, 0.6) is 0 Å². The number of nitrogens with two attached hydrogens (primary N) is 1. The second-order valence-electron chi connectivity index (χ2n) is 9.11. The Morgan fingerprint density at radius 3 is 2.54 bits per heavy atom. The van der Waals surface area contributed by atoms with E-state index in [1.54, 1.807) is 28.8 Å². The number of primary sulfonamides is 1. The highest BCUT2D eigenvalue weighted by Crippen LogP contribution is 2.42. The number of carbonyl (C=O) groups is 1. The van der Waals surface area contributed by atoms with Gasteiger partial charge in [0.15, 0.2) is 5.82 Å². The second-order valence-corrected chi connectivity index (χ2v) is 10.7. The number of anilines is 3. The van der Waals surface area contributed by atoms with E-state index in [-0.39, 0.29) is 22.9 Å². The Bertz CT molecular complexity index is 1450. The van der Waals surface area contributed by atoms with Gasteiger partial charge in [0.2, 0.25) is 16.0 Å². The van der Waals surface area contributed by atoms with Crippen LogP contribution in [0, 0.1) is 0 Å². The van der Waals surface area contributed by atoms with E-state index in [4.69, 9.17) is 15.2 Å². The molecule has 0 spiro atoms. The number of para-hydroxylation sites is 1. The van der Waals surface area contributed by atoms with Crippen molar-refractivity contribution in [1.29, 1.82) is 0 Å². The molecule has 1 saturated carbocycles. The average Bonchev–Trinajstić information content (AvgIpc) is 3.52. The van der Waals surface area contributed by atoms with Crippen LogP contribution in [0.3, 0.4) is 0 Å². The zero-order valence-corrected chi connectivity index (χ0v) is 19.9. The van der Waals surface area contributed by atoms with E-state index in [1.807, 2.05) is 30.3 Å². The number of hydrogen-bond acceptors (Lipinski definition) is 7. The summed E-state index contributed by atoms with van der Waals surface area (Å²) in [6.07, 6.45) is 3.11. The number of aliphatic imine (C=N–C) groups is 1. The van der Waals surface area contributed by atoms with Gasteiger partial charge in [-0.15, -0.1) is 0 Å². The molecule has 1 aliphatic carbocycles. The van der Waals surface area contributed by atoms with Crippen LogP contribution in [0.4, 0.5) is 17.3 Å². The molecule has 1 fully saturated rings. The van der Waals surface area contributed by atoms with E-state index in [0.29, 0.717) is 29.7 Å². The summed E-state index contributed by atoms with van der Waals surface area (Å²) in [4.78, 5) is 22.2. The molecule has 6 rings (SSSR count). The standard InChI is InChI=1S/C24H25N7O3S/c1-29-23(32)20-21(26-16-6-3-2-4-7-16)30(14-15-10-12-17(13-11-15)35(25,33)34)28-22(20)31-19-9-5-8-18(19)27-24(29)31/h2-4,6-7,10-13,18-19,26H,5,8-9,14H2,1H3,(H2,25,33,34)/t18?,19-/m0/s1. The topological polar surface area (TPSA) is 126 Å². The molecular weight excluding hydrogens is 466 g/mol. The fraction of sp³-hybridized carbons (Fsp3) is 0.292. The first kappa shape index (κ1) is 21.8. The molecule has 3 aliphatic rings. The van der Waals surface area contributed by atoms with Gasteiger partial charge in [0.1, 0.15) is 11.4 Å². The number of carbonyl (C=O) groups excluding carboxylic acids is 1. The lowest BCUT2D eigenvalue weighted by Gasteiger charge is -2.34. The van der Waals surface area contributed by atoms with Gasteiger partial charge in [0.25, 0.3) is 5.91 Å². The summed E-state index contributed by atoms with van der Waals surface area (Å²) in [6, 6.07) is 16.4. The lowest BCUT2D eigenvalue weighted by Crippen LogP contribution is -2.51. The van der Waals surface area contributed by atoms with Gasteiger partial charge in [-0.25, -0.2) is 23.2 Å². The highest BCUT2D eigenvalue weighted by atomic mass is 32.2. The molecule has 3 heterocycles. The molecular formula is C24H25N7O3S. The highest BCUT2D eigenvalue weighted by Gasteiger charge is 2.49. The minimum Gasteiger partial charge on any atom is -0.340 e. The monoisotopic (exact) mass is 491 g/mol. The van der Waals surface area contributed by atoms with E-state index in [9.17, 15) is 13.2 Å². The zero-order valence-electron chi connectivity index (χ0n) is 19.1. The van der Waals surface area contributed by atoms with Crippen molar-refractivity contribution in [2.45, 2.75) is 42.8 Å². The normalized spacial score (nSPS) is 21.0. The molecule has 2 aliphatic heterocycles. The molecule has 11 heteroatoms. The summed E-state index contributed by atoms with van der Waals surface area (Å²) >= 11 is 0. The Morgan fingerprint density at radius 1 is 1.09 bits per heavy atom. The van der Waals surface area contributed by atoms with Crippen LogP contribution >= 0.6 is 0 Å². The number of rotatable bonds is 5. The zero-order chi connectivity index (χ0) is 24.3. The Labute approximate surface area is 203 Å². The lowest BCUT2D eigenvalue weighted by atomic mass is 10.1. The molecule has 3 N–H and O–H groups in total. The lowest BCUT2D eigenvalue weighted by molar-refractivity contribution is 0.0866. The molecule has 180 valence electrons. The van der Waals surface area contributed by atoms with Crippen LogP contribution in [0.25, 0.3) is 0 Å². The first-order valence-electron chi connectivity index (χ1n) is 11.5. The average molecular weight is 492 g/mol. The molecule has 0 saturated heterocycles. The smallest absolute Gasteiger partial charge is 0.267 e. The van der Waals surface area contributed by atoms with E-state index in [0.717, 1.165) is 30.5 Å². The maximum atomic E-state index is 13.6. The number of nitrogens with one attached hydrogen (secondary N) is 1. The molecule has 0 radical (unpaired) electrons. The molecule has 2 aromatic carbocycles. The SMILES string of the molecule is CN1C(=O)c2c(nn(Cc3ccc(S(N)(=O)=O)cc3)c2Nc2ccccc2)N2C1=NC1CCC[C@@H]12. The van der Waals surface area contributed by atoms with Crippen LogP contribution < -0.4 is 15.4 Å². The maximum absolute atomic E-state index is 13.6. The van der Waals surface area contributed by atoms with Gasteiger partial charge in [0.05, 0.1) is 23.5 Å². The fourth-order valence-electron chi connectivity index (χ4n) is 5.16. The van der Waals surface area contributed by atoms with Crippen LogP contribution in [-0.4, -0.2) is 54.1 Å². The van der Waals surface area contributed by atoms with Crippen molar-refractivity contribution in [2.75, 3.05) is 17.3 Å². The third-order valence-electron chi connectivity index (χ3n) is 6.87. The molecule has 1 aromatic heterocycles. The van der Waals surface area contributed by atoms with Gasteiger partial charge in [-0.05, 0) is 49.1 Å². The number of fused-ring (bicyclic) bond motifs is 5. The largest absolute Gasteiger partial charge is 0.340 e. The minimum absolute atomic E-state index is 0.0469. The Balaban J connectivity index is 1.46. The van der Waals surface area contributed by atoms with Crippen molar-refractivity contribution >= 4 is 39.2 Å². The molecule has 10 nitrogen and oxygen atoms in total. The molecule has 2 atom stereocenters. The second kappa shape index (κ2) is 7.92. The molecule has 1 unspecified atom stereocenters. The van der Waals surface area contributed by atoms with Gasteiger partial charge in [-0.3, -0.25) is 14.6 Å². The third-order valence-corrected chi connectivity index (χ3v) is 7.80. The van der Waals surface area contributed by atoms with Gasteiger partial charge >= 0.3 is 0 Å². The summed E-state index contributed by atoms with van der Waals surface area (Å²) < 4.78 is 25.1. The quantitative estimate of drug-likeness (QED) is 0.565. The van der Waals surface area contributed by atoms with Gasteiger partial charge < -0.3 is 5.32 Å². The summed E-state index contributed by atoms with van der Waals surface area (Å²) in [5.41, 5.74) is 2.16. The number of benzene rings is 2. The summed E-state index contributed by atoms with van der Waals surface area (Å²) in [7, 11) is -2.02. The third kappa shape index (κ3) is 3.58. The van der Waals surface area contributed by atoms with Crippen LogP contribution in [-0.2, 0) is 16.6 Å². The predicted octanol–water partition coefficient (Wildman–Crippen LogP) is 2.51. The minimum atomic E-state index is -3.78. The molecule has 3 aromatic rings. The number of aromatic nitrogens is 2. The first-order chi connectivity index (χ1) is 16.8. The van der Waals surface area contributed by atoms with Gasteiger partial charge in [-0.1, -0.05) is 30.3 Å². The summed E-state index contributed by atoms with van der Waals surface area (Å²) in [6.45, 7) is 0.332. The van der Waals surface area contributed by atoms with Crippen molar-refractivity contribution in [3.8, 4) is 0 Å². The maximum Gasteiger partial charge on any atom is 0.267 e. The van der Waals surface area contributed by atoms with Gasteiger partial charge in [0, 0.05) is 12.7 Å². The summed E-state index contributed by atoms with van der Waals surface area (Å²) in [5, 5.41) is 13.5. The number of nitrogens with zero attached hydrogens (tertiary/aromatic N) is 5. The van der Waals surface area contributed by atoms with E-state index in [1.165, 1.54) is 12.1 Å². The van der Waals surface area contributed by atoms with Crippen molar-refractivity contribution in [2.24, 2.45) is 10.1 Å². The molecule has 0 bridgehead atoms. The number of hydrogen-bond donors (Lipinski definition) is 2. The predicted molar refractivity (Wildman–Crippen MR) is 132 cm³/mol. The van der Waals surface area contributed by atoms with E-state index >= 15 is 0 Å². The number of amides is 1. The van der Waals surface area contributed by atoms with Crippen molar-refractivity contribution in [3.63, 3.8) is 0 Å². The van der Waals surface area contributed by atoms with Gasteiger partial charge in [-0.2, -0.15) is 5.10 Å². The fourth-order valence-corrected chi connectivity index (χ4v) is 5.68. The van der Waals surface area contributed by atoms with Crippen LogP contribution in [0.2, 0.25) is 0 Å². The summed E-state index contributed by atoms with van der Waals surface area (Å²) in [5.74, 6) is 1.69. The van der Waals surface area contributed by atoms with Crippen LogP contribution in [0.1, 0.15) is 35.2 Å². The molecule has 35 heavy (non-hydrogen) atoms. The van der Waals surface area contributed by atoms with E-state index in [2.05, 4.69) is 10.2 Å². The Morgan fingerprint density at radius 2 is 1.83 bits per heavy atom. The first-order valence-corrected chi connectivity index (χ1v) is 13.1. The van der Waals surface area contributed by atoms with Crippen molar-refractivity contribution < 1.29 is 13.2 Å².